The second-order valence-corrected chi connectivity index (χ2v) is 9.29. The lowest BCUT2D eigenvalue weighted by molar-refractivity contribution is -0.193. The highest BCUT2D eigenvalue weighted by molar-refractivity contribution is 5.68. The van der Waals surface area contributed by atoms with Gasteiger partial charge >= 0.3 is 6.09 Å². The van der Waals surface area contributed by atoms with Crippen molar-refractivity contribution in [2.24, 2.45) is 11.3 Å². The molecule has 3 unspecified atom stereocenters. The second-order valence-electron chi connectivity index (χ2n) is 9.29. The Labute approximate surface area is 140 Å². The smallest absolute Gasteiger partial charge is 0.408 e. The molecule has 0 bridgehead atoms. The van der Waals surface area contributed by atoms with Gasteiger partial charge in [-0.25, -0.2) is 4.79 Å². The molecule has 0 aromatic carbocycles. The number of rotatable bonds is 4. The summed E-state index contributed by atoms with van der Waals surface area (Å²) in [6, 6.07) is 0.438. The van der Waals surface area contributed by atoms with Gasteiger partial charge in [-0.1, -0.05) is 13.8 Å². The Bertz CT molecular complexity index is 440. The third kappa shape index (κ3) is 4.38. The molecule has 1 saturated carbocycles. The Kier molecular flexibility index (Phi) is 5.03. The van der Waals surface area contributed by atoms with Crippen molar-refractivity contribution in [1.82, 2.24) is 10.6 Å². The van der Waals surface area contributed by atoms with Crippen LogP contribution in [0.3, 0.4) is 0 Å². The van der Waals surface area contributed by atoms with E-state index < -0.39 is 5.60 Å². The Morgan fingerprint density at radius 3 is 2.52 bits per heavy atom. The number of nitrogens with one attached hydrogen (secondary N) is 2. The van der Waals surface area contributed by atoms with Gasteiger partial charge in [0.25, 0.3) is 0 Å². The van der Waals surface area contributed by atoms with E-state index in [4.69, 9.17) is 9.47 Å². The van der Waals surface area contributed by atoms with Gasteiger partial charge in [-0.2, -0.15) is 0 Å². The molecule has 2 rings (SSSR count). The van der Waals surface area contributed by atoms with Crippen LogP contribution in [0.2, 0.25) is 0 Å². The molecule has 2 aliphatic rings. The predicted octanol–water partition coefficient (Wildman–Crippen LogP) is 3.08. The Morgan fingerprint density at radius 2 is 1.91 bits per heavy atom. The lowest BCUT2D eigenvalue weighted by Gasteiger charge is -2.60. The molecule has 0 aromatic heterocycles. The molecule has 0 radical (unpaired) electrons. The zero-order chi connectivity index (χ0) is 17.5. The van der Waals surface area contributed by atoms with Gasteiger partial charge in [0.1, 0.15) is 5.60 Å². The topological polar surface area (TPSA) is 59.6 Å². The van der Waals surface area contributed by atoms with Crippen LogP contribution in [-0.2, 0) is 9.47 Å². The molecule has 23 heavy (non-hydrogen) atoms. The fourth-order valence-corrected chi connectivity index (χ4v) is 3.93. The van der Waals surface area contributed by atoms with Crippen molar-refractivity contribution < 1.29 is 14.3 Å². The van der Waals surface area contributed by atoms with Gasteiger partial charge in [0, 0.05) is 30.5 Å². The summed E-state index contributed by atoms with van der Waals surface area (Å²) in [4.78, 5) is 12.0. The third-order valence-electron chi connectivity index (χ3n) is 4.93. The van der Waals surface area contributed by atoms with E-state index in [1.165, 1.54) is 6.42 Å². The summed E-state index contributed by atoms with van der Waals surface area (Å²) in [5.41, 5.74) is -0.692. The van der Waals surface area contributed by atoms with Gasteiger partial charge in [-0.3, -0.25) is 0 Å². The summed E-state index contributed by atoms with van der Waals surface area (Å²) in [6.07, 6.45) is 2.38. The van der Waals surface area contributed by atoms with Gasteiger partial charge in [-0.15, -0.1) is 0 Å². The molecular weight excluding hydrogens is 292 g/mol. The third-order valence-corrected chi connectivity index (χ3v) is 4.93. The van der Waals surface area contributed by atoms with Crippen molar-refractivity contribution in [2.75, 3.05) is 13.2 Å². The van der Waals surface area contributed by atoms with Crippen molar-refractivity contribution in [3.63, 3.8) is 0 Å². The molecule has 0 aromatic rings. The van der Waals surface area contributed by atoms with Gasteiger partial charge in [0.15, 0.2) is 0 Å². The molecule has 1 aliphatic heterocycles. The maximum Gasteiger partial charge on any atom is 0.408 e. The van der Waals surface area contributed by atoms with Crippen molar-refractivity contribution in [3.05, 3.63) is 0 Å². The number of ether oxygens (including phenoxy) is 2. The van der Waals surface area contributed by atoms with Gasteiger partial charge in [0.05, 0.1) is 11.6 Å². The van der Waals surface area contributed by atoms with E-state index in [0.29, 0.717) is 24.6 Å². The van der Waals surface area contributed by atoms with Gasteiger partial charge in [-0.05, 0) is 47.5 Å². The van der Waals surface area contributed by atoms with Crippen LogP contribution in [0.15, 0.2) is 0 Å². The molecule has 1 amide bonds. The Hall–Kier alpha value is -0.810. The molecule has 1 saturated heterocycles. The maximum absolute atomic E-state index is 12.0. The zero-order valence-corrected chi connectivity index (χ0v) is 15.8. The highest BCUT2D eigenvalue weighted by Gasteiger charge is 2.57. The number of fused-ring (bicyclic) bond motifs is 1. The quantitative estimate of drug-likeness (QED) is 0.833. The molecule has 3 atom stereocenters. The summed E-state index contributed by atoms with van der Waals surface area (Å²) in [5, 5.41) is 6.63. The first-order chi connectivity index (χ1) is 10.4. The summed E-state index contributed by atoms with van der Waals surface area (Å²) in [6.45, 7) is 15.8. The summed E-state index contributed by atoms with van der Waals surface area (Å²) < 4.78 is 11.3. The fraction of sp³-hybridized carbons (Fsp3) is 0.944. The molecule has 2 N–H and O–H groups in total. The molecule has 5 nitrogen and oxygen atoms in total. The first kappa shape index (κ1) is 18.5. The summed E-state index contributed by atoms with van der Waals surface area (Å²) in [5.74, 6) is 0.594. The molecule has 2 fully saturated rings. The first-order valence-corrected chi connectivity index (χ1v) is 8.78. The Balaban J connectivity index is 1.85. The van der Waals surface area contributed by atoms with E-state index in [2.05, 4.69) is 24.5 Å². The van der Waals surface area contributed by atoms with Gasteiger partial charge < -0.3 is 20.1 Å². The molecule has 1 heterocycles. The summed E-state index contributed by atoms with van der Waals surface area (Å²) in [7, 11) is 0. The maximum atomic E-state index is 12.0. The van der Waals surface area contributed by atoms with Crippen molar-refractivity contribution in [2.45, 2.75) is 84.6 Å². The highest BCUT2D eigenvalue weighted by Crippen LogP contribution is 2.51. The average Bonchev–Trinajstić information content (AvgIpc) is 2.35. The van der Waals surface area contributed by atoms with E-state index in [9.17, 15) is 4.79 Å². The number of alkyl carbamates (subject to hydrolysis) is 1. The van der Waals surface area contributed by atoms with E-state index in [1.807, 2.05) is 34.6 Å². The fourth-order valence-electron chi connectivity index (χ4n) is 3.93. The van der Waals surface area contributed by atoms with E-state index in [1.54, 1.807) is 0 Å². The van der Waals surface area contributed by atoms with Crippen LogP contribution >= 0.6 is 0 Å². The van der Waals surface area contributed by atoms with Crippen molar-refractivity contribution in [1.29, 1.82) is 0 Å². The number of carbonyl (C=O) groups excluding carboxylic acids is 1. The highest BCUT2D eigenvalue weighted by atomic mass is 16.6. The summed E-state index contributed by atoms with van der Waals surface area (Å²) >= 11 is 0. The molecular formula is C18H34N2O3. The second kappa shape index (κ2) is 6.25. The lowest BCUT2D eigenvalue weighted by atomic mass is 9.55. The van der Waals surface area contributed by atoms with E-state index in [-0.39, 0.29) is 17.0 Å². The molecule has 0 spiro atoms. The van der Waals surface area contributed by atoms with E-state index in [0.717, 1.165) is 13.0 Å². The minimum Gasteiger partial charge on any atom is -0.444 e. The largest absolute Gasteiger partial charge is 0.444 e. The number of carbonyl (C=O) groups is 1. The SMILES string of the molecule is CC(C)(CNC1C2CCCOC2C1(C)C)NC(=O)OC(C)(C)C. The van der Waals surface area contributed by atoms with Crippen LogP contribution in [0.25, 0.3) is 0 Å². The Morgan fingerprint density at radius 1 is 1.26 bits per heavy atom. The number of amides is 1. The molecule has 5 heteroatoms. The average molecular weight is 326 g/mol. The van der Waals surface area contributed by atoms with Crippen molar-refractivity contribution >= 4 is 6.09 Å². The normalized spacial score (nSPS) is 30.1. The number of hydrogen-bond acceptors (Lipinski definition) is 4. The molecule has 1 aliphatic carbocycles. The van der Waals surface area contributed by atoms with Crippen LogP contribution in [0, 0.1) is 11.3 Å². The zero-order valence-electron chi connectivity index (χ0n) is 15.8. The van der Waals surface area contributed by atoms with Crippen LogP contribution in [0.1, 0.15) is 61.3 Å². The number of hydrogen-bond donors (Lipinski definition) is 2. The lowest BCUT2D eigenvalue weighted by Crippen LogP contribution is -2.70. The van der Waals surface area contributed by atoms with Crippen LogP contribution in [-0.4, -0.2) is 42.5 Å². The van der Waals surface area contributed by atoms with Crippen molar-refractivity contribution in [3.8, 4) is 0 Å². The first-order valence-electron chi connectivity index (χ1n) is 8.78. The minimum atomic E-state index is -0.476. The standard InChI is InChI=1S/C18H34N2O3/c1-16(2,3)23-15(21)20-17(4,5)11-19-13-12-9-8-10-22-14(12)18(13,6)7/h12-14,19H,8-11H2,1-7H3,(H,20,21). The van der Waals surface area contributed by atoms with Gasteiger partial charge in [0.2, 0.25) is 0 Å². The monoisotopic (exact) mass is 326 g/mol. The van der Waals surface area contributed by atoms with E-state index >= 15 is 0 Å². The van der Waals surface area contributed by atoms with Crippen LogP contribution in [0.4, 0.5) is 4.79 Å². The van der Waals surface area contributed by atoms with Crippen LogP contribution in [0.5, 0.6) is 0 Å². The predicted molar refractivity (Wildman–Crippen MR) is 91.5 cm³/mol. The minimum absolute atomic E-state index is 0.146. The van der Waals surface area contributed by atoms with Crippen LogP contribution < -0.4 is 10.6 Å². The molecule has 134 valence electrons.